The topological polar surface area (TPSA) is 49.8 Å². The van der Waals surface area contributed by atoms with Gasteiger partial charge in [-0.2, -0.15) is 0 Å². The smallest absolute Gasteiger partial charge is 0.342 e. The number of rotatable bonds is 5. The van der Waals surface area contributed by atoms with Gasteiger partial charge < -0.3 is 14.7 Å². The lowest BCUT2D eigenvalue weighted by molar-refractivity contribution is 0.0381. The highest BCUT2D eigenvalue weighted by Gasteiger charge is 2.25. The predicted octanol–water partition coefficient (Wildman–Crippen LogP) is 5.46. The number of anilines is 1. The van der Waals surface area contributed by atoms with E-state index in [1.54, 1.807) is 6.07 Å². The lowest BCUT2D eigenvalue weighted by Gasteiger charge is -2.19. The number of nitrogens with zero attached hydrogens (tertiary/aromatic N) is 1. The standard InChI is InChI=1S/C20H20ClNO3S/c1-12(2)25-20(24)16-14-9-10-15(23)17(21)18(14)26-19(16)22(3)11-13-7-5-4-6-8-13/h4-10,12,23H,11H2,1-3H3. The molecule has 3 rings (SSSR count). The molecule has 0 aliphatic heterocycles. The van der Waals surface area contributed by atoms with Crippen LogP contribution in [0.1, 0.15) is 29.8 Å². The molecule has 136 valence electrons. The molecule has 0 aliphatic carbocycles. The minimum absolute atomic E-state index is 0.00135. The third-order valence-electron chi connectivity index (χ3n) is 3.91. The Balaban J connectivity index is 2.10. The van der Waals surface area contributed by atoms with Gasteiger partial charge in [0.15, 0.2) is 0 Å². The van der Waals surface area contributed by atoms with Crippen LogP contribution >= 0.6 is 22.9 Å². The number of thiophene rings is 1. The fraction of sp³-hybridized carbons (Fsp3) is 0.250. The number of carbonyl (C=O) groups is 1. The largest absolute Gasteiger partial charge is 0.506 e. The molecule has 0 aliphatic rings. The van der Waals surface area contributed by atoms with Gasteiger partial charge in [-0.3, -0.25) is 0 Å². The summed E-state index contributed by atoms with van der Waals surface area (Å²) in [6, 6.07) is 13.2. The first kappa shape index (κ1) is 18.5. The van der Waals surface area contributed by atoms with Crippen LogP contribution < -0.4 is 4.90 Å². The van der Waals surface area contributed by atoms with E-state index in [1.165, 1.54) is 17.4 Å². The summed E-state index contributed by atoms with van der Waals surface area (Å²) in [5.41, 5.74) is 1.61. The minimum atomic E-state index is -0.386. The molecule has 3 aromatic rings. The fourth-order valence-corrected chi connectivity index (χ4v) is 4.24. The van der Waals surface area contributed by atoms with E-state index in [-0.39, 0.29) is 22.8 Å². The molecule has 2 aromatic carbocycles. The van der Waals surface area contributed by atoms with Crippen LogP contribution in [0.5, 0.6) is 5.75 Å². The maximum absolute atomic E-state index is 12.8. The van der Waals surface area contributed by atoms with Crippen molar-refractivity contribution in [1.82, 2.24) is 0 Å². The van der Waals surface area contributed by atoms with E-state index >= 15 is 0 Å². The van der Waals surface area contributed by atoms with Crippen molar-refractivity contribution in [3.8, 4) is 5.75 Å². The summed E-state index contributed by atoms with van der Waals surface area (Å²) in [6.07, 6.45) is -0.225. The van der Waals surface area contributed by atoms with Crippen LogP contribution in [-0.4, -0.2) is 24.2 Å². The highest BCUT2D eigenvalue weighted by atomic mass is 35.5. The first-order chi connectivity index (χ1) is 12.4. The van der Waals surface area contributed by atoms with E-state index < -0.39 is 0 Å². The van der Waals surface area contributed by atoms with E-state index in [4.69, 9.17) is 16.3 Å². The number of phenols is 1. The molecule has 0 spiro atoms. The van der Waals surface area contributed by atoms with Crippen molar-refractivity contribution in [3.05, 3.63) is 58.6 Å². The van der Waals surface area contributed by atoms with Crippen LogP contribution in [0.3, 0.4) is 0 Å². The van der Waals surface area contributed by atoms with Gasteiger partial charge in [0.2, 0.25) is 0 Å². The van der Waals surface area contributed by atoms with Gasteiger partial charge in [-0.1, -0.05) is 41.9 Å². The molecule has 6 heteroatoms. The van der Waals surface area contributed by atoms with Crippen LogP contribution in [0.15, 0.2) is 42.5 Å². The first-order valence-corrected chi connectivity index (χ1v) is 9.48. The molecule has 1 heterocycles. The van der Waals surface area contributed by atoms with E-state index in [0.717, 1.165) is 10.6 Å². The van der Waals surface area contributed by atoms with Gasteiger partial charge in [0.1, 0.15) is 21.3 Å². The summed E-state index contributed by atoms with van der Waals surface area (Å²) in [4.78, 5) is 14.8. The second-order valence-corrected chi connectivity index (χ2v) is 7.73. The van der Waals surface area contributed by atoms with Gasteiger partial charge >= 0.3 is 5.97 Å². The Labute approximate surface area is 161 Å². The number of ether oxygens (including phenoxy) is 1. The molecule has 0 unspecified atom stereocenters. The third-order valence-corrected chi connectivity index (χ3v) is 5.75. The number of halogens is 1. The number of hydrogen-bond donors (Lipinski definition) is 1. The Morgan fingerprint density at radius 2 is 1.92 bits per heavy atom. The number of carbonyl (C=O) groups excluding carboxylic acids is 1. The second-order valence-electron chi connectivity index (χ2n) is 6.35. The fourth-order valence-electron chi connectivity index (χ4n) is 2.77. The van der Waals surface area contributed by atoms with E-state index in [9.17, 15) is 9.90 Å². The Hall–Kier alpha value is -2.24. The summed E-state index contributed by atoms with van der Waals surface area (Å²) >= 11 is 7.66. The van der Waals surface area contributed by atoms with Gasteiger partial charge in [-0.25, -0.2) is 4.79 Å². The Bertz CT molecular complexity index is 937. The zero-order chi connectivity index (χ0) is 18.8. The monoisotopic (exact) mass is 389 g/mol. The summed E-state index contributed by atoms with van der Waals surface area (Å²) in [5.74, 6) is -0.385. The zero-order valence-corrected chi connectivity index (χ0v) is 16.4. The van der Waals surface area contributed by atoms with Crippen LogP contribution in [0.25, 0.3) is 10.1 Å². The molecule has 0 bridgehead atoms. The second kappa shape index (κ2) is 7.56. The Morgan fingerprint density at radius 3 is 2.58 bits per heavy atom. The quantitative estimate of drug-likeness (QED) is 0.588. The van der Waals surface area contributed by atoms with E-state index in [2.05, 4.69) is 0 Å². The summed E-state index contributed by atoms with van der Waals surface area (Å²) < 4.78 is 6.13. The van der Waals surface area contributed by atoms with E-state index in [0.29, 0.717) is 22.2 Å². The molecular weight excluding hydrogens is 370 g/mol. The van der Waals surface area contributed by atoms with Crippen molar-refractivity contribution in [2.24, 2.45) is 0 Å². The van der Waals surface area contributed by atoms with Gasteiger partial charge in [0.05, 0.1) is 10.8 Å². The number of benzene rings is 2. The summed E-state index contributed by atoms with van der Waals surface area (Å²) in [5, 5.41) is 11.6. The van der Waals surface area contributed by atoms with Crippen LogP contribution in [0, 0.1) is 0 Å². The average Bonchev–Trinajstić information content (AvgIpc) is 2.99. The van der Waals surface area contributed by atoms with Gasteiger partial charge in [0, 0.05) is 19.0 Å². The summed E-state index contributed by atoms with van der Waals surface area (Å²) in [7, 11) is 1.93. The first-order valence-electron chi connectivity index (χ1n) is 8.28. The molecule has 0 radical (unpaired) electrons. The van der Waals surface area contributed by atoms with Gasteiger partial charge in [-0.15, -0.1) is 11.3 Å². The Kier molecular flexibility index (Phi) is 5.39. The SMILES string of the molecule is CC(C)OC(=O)c1c(N(C)Cc2ccccc2)sc2c(Cl)c(O)ccc12. The number of hydrogen-bond acceptors (Lipinski definition) is 5. The maximum Gasteiger partial charge on any atom is 0.342 e. The van der Waals surface area contributed by atoms with Crippen LogP contribution in [-0.2, 0) is 11.3 Å². The highest BCUT2D eigenvalue weighted by molar-refractivity contribution is 7.24. The number of aromatic hydroxyl groups is 1. The van der Waals surface area contributed by atoms with Crippen molar-refractivity contribution >= 4 is 44.0 Å². The lowest BCUT2D eigenvalue weighted by Crippen LogP contribution is -2.19. The molecular formula is C20H20ClNO3S. The molecule has 0 amide bonds. The van der Waals surface area contributed by atoms with Gasteiger partial charge in [0.25, 0.3) is 0 Å². The number of esters is 1. The minimum Gasteiger partial charge on any atom is -0.506 e. The third kappa shape index (κ3) is 3.64. The number of phenolic OH excluding ortho intramolecular Hbond substituents is 1. The maximum atomic E-state index is 12.8. The molecule has 0 fully saturated rings. The van der Waals surface area contributed by atoms with Crippen molar-refractivity contribution < 1.29 is 14.6 Å². The lowest BCUT2D eigenvalue weighted by atomic mass is 10.1. The molecule has 0 atom stereocenters. The van der Waals surface area contributed by atoms with Crippen molar-refractivity contribution in [1.29, 1.82) is 0 Å². The Morgan fingerprint density at radius 1 is 1.23 bits per heavy atom. The average molecular weight is 390 g/mol. The van der Waals surface area contributed by atoms with Gasteiger partial charge in [-0.05, 0) is 31.5 Å². The molecule has 0 saturated carbocycles. The molecule has 4 nitrogen and oxygen atoms in total. The molecule has 0 saturated heterocycles. The van der Waals surface area contributed by atoms with Crippen molar-refractivity contribution in [2.75, 3.05) is 11.9 Å². The predicted molar refractivity (Wildman–Crippen MR) is 108 cm³/mol. The molecule has 1 N–H and O–H groups in total. The van der Waals surface area contributed by atoms with E-state index in [1.807, 2.05) is 56.1 Å². The molecule has 26 heavy (non-hydrogen) atoms. The zero-order valence-electron chi connectivity index (χ0n) is 14.8. The van der Waals surface area contributed by atoms with Crippen LogP contribution in [0.2, 0.25) is 5.02 Å². The van der Waals surface area contributed by atoms with Crippen molar-refractivity contribution in [2.45, 2.75) is 26.5 Å². The number of fused-ring (bicyclic) bond motifs is 1. The molecule has 1 aromatic heterocycles. The summed E-state index contributed by atoms with van der Waals surface area (Å²) in [6.45, 7) is 4.27. The van der Waals surface area contributed by atoms with Crippen LogP contribution in [0.4, 0.5) is 5.00 Å². The normalized spacial score (nSPS) is 11.1. The van der Waals surface area contributed by atoms with Crippen molar-refractivity contribution in [3.63, 3.8) is 0 Å². The highest BCUT2D eigenvalue weighted by Crippen LogP contribution is 2.44.